The summed E-state index contributed by atoms with van der Waals surface area (Å²) >= 11 is 0. The van der Waals surface area contributed by atoms with E-state index in [-0.39, 0.29) is 17.8 Å². The Labute approximate surface area is 174 Å². The molecule has 0 spiro atoms. The molecular formula is C21H30N6O3. The van der Waals surface area contributed by atoms with Crippen molar-refractivity contribution in [2.75, 3.05) is 32.8 Å². The zero-order valence-corrected chi connectivity index (χ0v) is 18.3. The lowest BCUT2D eigenvalue weighted by molar-refractivity contribution is 0.0369. The van der Waals surface area contributed by atoms with Gasteiger partial charge in [-0.2, -0.15) is 4.98 Å². The van der Waals surface area contributed by atoms with Gasteiger partial charge in [-0.3, -0.25) is 23.2 Å². The van der Waals surface area contributed by atoms with Gasteiger partial charge in [0, 0.05) is 44.6 Å². The molecule has 9 nitrogen and oxygen atoms in total. The first-order valence-corrected chi connectivity index (χ1v) is 10.4. The molecule has 0 atom stereocenters. The molecule has 1 aliphatic heterocycles. The Balaban J connectivity index is 1.79. The predicted molar refractivity (Wildman–Crippen MR) is 116 cm³/mol. The van der Waals surface area contributed by atoms with E-state index in [0.717, 1.165) is 62.8 Å². The van der Waals surface area contributed by atoms with Crippen molar-refractivity contribution in [3.8, 4) is 0 Å². The Bertz CT molecular complexity index is 1240. The summed E-state index contributed by atoms with van der Waals surface area (Å²) in [5, 5.41) is 0. The molecular weight excluding hydrogens is 384 g/mol. The average molecular weight is 415 g/mol. The van der Waals surface area contributed by atoms with Gasteiger partial charge in [-0.15, -0.1) is 0 Å². The minimum Gasteiger partial charge on any atom is -0.379 e. The average Bonchev–Trinajstić information content (AvgIpc) is 3.22. The van der Waals surface area contributed by atoms with Crippen LogP contribution in [-0.2, 0) is 24.9 Å². The van der Waals surface area contributed by atoms with Gasteiger partial charge in [-0.25, -0.2) is 4.79 Å². The largest absolute Gasteiger partial charge is 0.379 e. The molecule has 0 N–H and O–H groups in total. The smallest absolute Gasteiger partial charge is 0.332 e. The number of rotatable bonds is 6. The van der Waals surface area contributed by atoms with E-state index < -0.39 is 0 Å². The highest BCUT2D eigenvalue weighted by molar-refractivity contribution is 5.76. The second-order valence-corrected chi connectivity index (χ2v) is 8.24. The van der Waals surface area contributed by atoms with E-state index in [9.17, 15) is 9.59 Å². The van der Waals surface area contributed by atoms with Crippen molar-refractivity contribution in [3.63, 3.8) is 0 Å². The Morgan fingerprint density at radius 3 is 2.47 bits per heavy atom. The second-order valence-electron chi connectivity index (χ2n) is 8.24. The SMILES string of the molecule is C=C(C)Cn1c(=O)c2c(nc3n(CCCN4CCOCC4)c(C)c(C)n23)n(C)c1=O. The molecule has 30 heavy (non-hydrogen) atoms. The highest BCUT2D eigenvalue weighted by Crippen LogP contribution is 2.21. The van der Waals surface area contributed by atoms with Crippen molar-refractivity contribution in [3.05, 3.63) is 44.4 Å². The lowest BCUT2D eigenvalue weighted by Crippen LogP contribution is -2.39. The Kier molecular flexibility index (Phi) is 5.42. The van der Waals surface area contributed by atoms with E-state index in [4.69, 9.17) is 9.72 Å². The van der Waals surface area contributed by atoms with Crippen molar-refractivity contribution >= 4 is 16.9 Å². The molecule has 0 aliphatic carbocycles. The summed E-state index contributed by atoms with van der Waals surface area (Å²) in [6.45, 7) is 15.2. The van der Waals surface area contributed by atoms with Gasteiger partial charge in [0.15, 0.2) is 11.2 Å². The lowest BCUT2D eigenvalue weighted by Gasteiger charge is -2.26. The zero-order chi connectivity index (χ0) is 21.6. The summed E-state index contributed by atoms with van der Waals surface area (Å²) in [5.74, 6) is 0.710. The molecule has 9 heteroatoms. The van der Waals surface area contributed by atoms with Gasteiger partial charge in [0.1, 0.15) is 0 Å². The number of aromatic nitrogens is 5. The van der Waals surface area contributed by atoms with Crippen molar-refractivity contribution in [1.82, 2.24) is 28.0 Å². The Morgan fingerprint density at radius 1 is 1.10 bits per heavy atom. The van der Waals surface area contributed by atoms with Crippen LogP contribution in [0, 0.1) is 13.8 Å². The van der Waals surface area contributed by atoms with Crippen LogP contribution in [0.4, 0.5) is 0 Å². The van der Waals surface area contributed by atoms with E-state index in [1.807, 2.05) is 18.2 Å². The molecule has 1 fully saturated rings. The standard InChI is InChI=1S/C21H30N6O3/c1-14(2)13-26-19(28)17-18(23(5)21(26)29)22-20-25(15(3)16(4)27(17)20)8-6-7-24-9-11-30-12-10-24/h1,6-13H2,2-5H3. The first kappa shape index (κ1) is 20.6. The van der Waals surface area contributed by atoms with Crippen molar-refractivity contribution in [2.45, 2.75) is 40.3 Å². The number of imidazole rings is 2. The molecule has 162 valence electrons. The fraction of sp³-hybridized carbons (Fsp3) is 0.571. The Hall–Kier alpha value is -2.65. The number of aryl methyl sites for hydroxylation is 3. The molecule has 1 aliphatic rings. The van der Waals surface area contributed by atoms with Gasteiger partial charge in [-0.1, -0.05) is 12.2 Å². The monoisotopic (exact) mass is 414 g/mol. The number of ether oxygens (including phenoxy) is 1. The highest BCUT2D eigenvalue weighted by Gasteiger charge is 2.22. The number of fused-ring (bicyclic) bond motifs is 3. The zero-order valence-electron chi connectivity index (χ0n) is 18.3. The van der Waals surface area contributed by atoms with Crippen LogP contribution in [0.1, 0.15) is 24.7 Å². The fourth-order valence-electron chi connectivity index (χ4n) is 4.27. The summed E-state index contributed by atoms with van der Waals surface area (Å²) in [5.41, 5.74) is 2.98. The number of allylic oxidation sites excluding steroid dienone is 1. The minimum absolute atomic E-state index is 0.201. The third-order valence-corrected chi connectivity index (χ3v) is 6.02. The van der Waals surface area contributed by atoms with E-state index >= 15 is 0 Å². The molecule has 0 radical (unpaired) electrons. The molecule has 0 amide bonds. The number of nitrogens with zero attached hydrogens (tertiary/aromatic N) is 6. The normalized spacial score (nSPS) is 15.5. The first-order chi connectivity index (χ1) is 14.3. The molecule has 0 bridgehead atoms. The van der Waals surface area contributed by atoms with Crippen LogP contribution in [0.3, 0.4) is 0 Å². The van der Waals surface area contributed by atoms with Gasteiger partial charge < -0.3 is 9.30 Å². The van der Waals surface area contributed by atoms with Gasteiger partial charge in [0.25, 0.3) is 5.56 Å². The van der Waals surface area contributed by atoms with E-state index in [1.54, 1.807) is 7.05 Å². The van der Waals surface area contributed by atoms with Gasteiger partial charge in [0.2, 0.25) is 5.78 Å². The maximum absolute atomic E-state index is 13.2. The predicted octanol–water partition coefficient (Wildman–Crippen LogP) is 1.06. The molecule has 4 rings (SSSR count). The summed E-state index contributed by atoms with van der Waals surface area (Å²) in [7, 11) is 1.66. The Morgan fingerprint density at radius 2 is 1.80 bits per heavy atom. The molecule has 0 aromatic carbocycles. The number of hydrogen-bond acceptors (Lipinski definition) is 5. The maximum atomic E-state index is 13.2. The highest BCUT2D eigenvalue weighted by atomic mass is 16.5. The van der Waals surface area contributed by atoms with Gasteiger partial charge >= 0.3 is 5.69 Å². The molecule has 3 aromatic rings. The number of morpholine rings is 1. The van der Waals surface area contributed by atoms with E-state index in [0.29, 0.717) is 16.9 Å². The lowest BCUT2D eigenvalue weighted by atomic mass is 10.3. The van der Waals surface area contributed by atoms with Gasteiger partial charge in [0.05, 0.1) is 19.8 Å². The van der Waals surface area contributed by atoms with Crippen LogP contribution in [0.15, 0.2) is 21.7 Å². The summed E-state index contributed by atoms with van der Waals surface area (Å²) in [6, 6.07) is 0. The summed E-state index contributed by atoms with van der Waals surface area (Å²) in [6.07, 6.45) is 0.979. The fourth-order valence-corrected chi connectivity index (χ4v) is 4.27. The maximum Gasteiger partial charge on any atom is 0.332 e. The van der Waals surface area contributed by atoms with Crippen molar-refractivity contribution < 1.29 is 4.74 Å². The van der Waals surface area contributed by atoms with Crippen LogP contribution >= 0.6 is 0 Å². The molecule has 0 saturated carbocycles. The quantitative estimate of drug-likeness (QED) is 0.564. The third kappa shape index (κ3) is 3.31. The van der Waals surface area contributed by atoms with Crippen LogP contribution < -0.4 is 11.2 Å². The van der Waals surface area contributed by atoms with Crippen LogP contribution in [0.2, 0.25) is 0 Å². The summed E-state index contributed by atoms with van der Waals surface area (Å²) < 4.78 is 12.2. The topological polar surface area (TPSA) is 78.7 Å². The third-order valence-electron chi connectivity index (χ3n) is 6.02. The van der Waals surface area contributed by atoms with Gasteiger partial charge in [-0.05, 0) is 27.2 Å². The van der Waals surface area contributed by atoms with Crippen LogP contribution in [-0.4, -0.2) is 60.8 Å². The molecule has 3 aromatic heterocycles. The van der Waals surface area contributed by atoms with Crippen molar-refractivity contribution in [1.29, 1.82) is 0 Å². The van der Waals surface area contributed by atoms with E-state index in [1.165, 1.54) is 9.13 Å². The minimum atomic E-state index is -0.371. The first-order valence-electron chi connectivity index (χ1n) is 10.4. The van der Waals surface area contributed by atoms with E-state index in [2.05, 4.69) is 23.0 Å². The molecule has 0 unspecified atom stereocenters. The van der Waals surface area contributed by atoms with Crippen molar-refractivity contribution in [2.24, 2.45) is 7.05 Å². The molecule has 1 saturated heterocycles. The summed E-state index contributed by atoms with van der Waals surface area (Å²) in [4.78, 5) is 33.1. The van der Waals surface area contributed by atoms with Crippen LogP contribution in [0.5, 0.6) is 0 Å². The second kappa shape index (κ2) is 7.88. The number of hydrogen-bond donors (Lipinski definition) is 0. The molecule has 4 heterocycles. The van der Waals surface area contributed by atoms with Crippen LogP contribution in [0.25, 0.3) is 16.9 Å².